The molecule has 0 unspecified atom stereocenters. The van der Waals surface area contributed by atoms with Crippen LogP contribution in [-0.2, 0) is 16.3 Å². The average Bonchev–Trinajstić information content (AvgIpc) is 3.50. The number of piperidine rings is 1. The minimum atomic E-state index is -3.47. The lowest BCUT2D eigenvalue weighted by Crippen LogP contribution is -2.31. The quantitative estimate of drug-likeness (QED) is 0.401. The largest absolute Gasteiger partial charge is 0.357 e. The van der Waals surface area contributed by atoms with Crippen LogP contribution in [0.4, 0.5) is 11.5 Å². The average molecular weight is 494 g/mol. The Hall–Kier alpha value is -3.24. The number of sulfone groups is 1. The summed E-state index contributed by atoms with van der Waals surface area (Å²) in [6, 6.07) is 9.25. The van der Waals surface area contributed by atoms with Crippen LogP contribution in [0.2, 0.25) is 0 Å². The number of anilines is 2. The van der Waals surface area contributed by atoms with Crippen LogP contribution in [0.15, 0.2) is 53.8 Å². The molecule has 1 aromatic carbocycles. The van der Waals surface area contributed by atoms with E-state index in [1.165, 1.54) is 0 Å². The van der Waals surface area contributed by atoms with E-state index in [0.717, 1.165) is 42.5 Å². The van der Waals surface area contributed by atoms with Crippen molar-refractivity contribution in [1.82, 2.24) is 29.6 Å². The summed E-state index contributed by atoms with van der Waals surface area (Å²) in [7, 11) is -1.31. The van der Waals surface area contributed by atoms with E-state index < -0.39 is 15.1 Å². The smallest absolute Gasteiger partial charge is 0.182 e. The molecule has 0 amide bonds. The van der Waals surface area contributed by atoms with Gasteiger partial charge in [-0.05, 0) is 70.6 Å². The van der Waals surface area contributed by atoms with E-state index in [9.17, 15) is 8.42 Å². The Morgan fingerprint density at radius 2 is 1.91 bits per heavy atom. The number of aromatic nitrogens is 5. The molecule has 0 radical (unpaired) electrons. The number of nitrogens with one attached hydrogen (secondary N) is 2. The lowest BCUT2D eigenvalue weighted by atomic mass is 10.1. The Morgan fingerprint density at radius 1 is 1.14 bits per heavy atom. The Labute approximate surface area is 205 Å². The predicted octanol–water partition coefficient (Wildman–Crippen LogP) is 3.94. The van der Waals surface area contributed by atoms with Gasteiger partial charge in [-0.15, -0.1) is 0 Å². The van der Waals surface area contributed by atoms with Gasteiger partial charge < -0.3 is 15.2 Å². The van der Waals surface area contributed by atoms with Crippen LogP contribution in [0.25, 0.3) is 11.0 Å². The van der Waals surface area contributed by atoms with Crippen molar-refractivity contribution in [1.29, 1.82) is 0 Å². The van der Waals surface area contributed by atoms with E-state index in [1.807, 2.05) is 24.5 Å². The maximum Gasteiger partial charge on any atom is 0.182 e. The highest BCUT2D eigenvalue weighted by Gasteiger charge is 2.23. The lowest BCUT2D eigenvalue weighted by Gasteiger charge is -2.28. The molecule has 5 rings (SSSR count). The van der Waals surface area contributed by atoms with E-state index in [-0.39, 0.29) is 4.90 Å². The van der Waals surface area contributed by atoms with Gasteiger partial charge in [0.25, 0.3) is 0 Å². The Morgan fingerprint density at radius 3 is 2.69 bits per heavy atom. The van der Waals surface area contributed by atoms with Crippen molar-refractivity contribution < 1.29 is 8.42 Å². The number of likely N-dealkylation sites (tertiary alicyclic amines) is 1. The van der Waals surface area contributed by atoms with Crippen molar-refractivity contribution in [3.63, 3.8) is 0 Å². The van der Waals surface area contributed by atoms with Crippen molar-refractivity contribution in [2.24, 2.45) is 0 Å². The fourth-order valence-corrected chi connectivity index (χ4v) is 5.67. The third-order valence-corrected chi connectivity index (χ3v) is 8.81. The lowest BCUT2D eigenvalue weighted by molar-refractivity contribution is 0.212. The zero-order chi connectivity index (χ0) is 24.6. The summed E-state index contributed by atoms with van der Waals surface area (Å²) in [6.07, 6.45) is 8.52. The van der Waals surface area contributed by atoms with Gasteiger partial charge in [0.2, 0.25) is 0 Å². The standard InChI is InChI=1S/C25H31N7O2S/c1-17(2)35(33,34)22-7-5-4-6-20(22)29-25-24-21(8-11-26-24)28-23(30-25)14-18-15-27-32(16-18)19-9-12-31(3)13-10-19/h4-8,11,15-17,19,26H,9-10,12-14H2,1-3H3,(H,28,29,30). The van der Waals surface area contributed by atoms with Crippen LogP contribution in [-0.4, -0.2) is 63.4 Å². The van der Waals surface area contributed by atoms with Gasteiger partial charge in [0, 0.05) is 18.8 Å². The van der Waals surface area contributed by atoms with E-state index in [0.29, 0.717) is 29.8 Å². The normalized spacial score (nSPS) is 15.8. The first-order chi connectivity index (χ1) is 16.8. The number of rotatable bonds is 7. The molecular formula is C25H31N7O2S. The molecule has 9 nitrogen and oxygen atoms in total. The van der Waals surface area contributed by atoms with E-state index in [2.05, 4.69) is 38.2 Å². The number of H-pyrrole nitrogens is 1. The van der Waals surface area contributed by atoms with E-state index in [1.54, 1.807) is 32.0 Å². The molecular weight excluding hydrogens is 462 g/mol. The number of fused-ring (bicyclic) bond motifs is 1. The summed E-state index contributed by atoms with van der Waals surface area (Å²) in [5.74, 6) is 1.19. The van der Waals surface area contributed by atoms with Crippen molar-refractivity contribution in [3.8, 4) is 0 Å². The molecule has 1 fully saturated rings. The summed E-state index contributed by atoms with van der Waals surface area (Å²) < 4.78 is 27.9. The van der Waals surface area contributed by atoms with E-state index >= 15 is 0 Å². The van der Waals surface area contributed by atoms with Crippen molar-refractivity contribution in [3.05, 3.63) is 60.3 Å². The fourth-order valence-electron chi connectivity index (χ4n) is 4.47. The second kappa shape index (κ2) is 9.43. The van der Waals surface area contributed by atoms with Gasteiger partial charge in [0.05, 0.1) is 33.6 Å². The molecule has 4 aromatic rings. The van der Waals surface area contributed by atoms with Crippen molar-refractivity contribution in [2.75, 3.05) is 25.5 Å². The second-order valence-electron chi connectivity index (χ2n) is 9.48. The molecule has 3 aromatic heterocycles. The highest BCUT2D eigenvalue weighted by molar-refractivity contribution is 7.92. The van der Waals surface area contributed by atoms with Gasteiger partial charge in [-0.1, -0.05) is 12.1 Å². The first kappa shape index (κ1) is 23.5. The monoisotopic (exact) mass is 493 g/mol. The zero-order valence-corrected chi connectivity index (χ0v) is 21.1. The predicted molar refractivity (Wildman–Crippen MR) is 137 cm³/mol. The summed E-state index contributed by atoms with van der Waals surface area (Å²) in [5.41, 5.74) is 3.04. The van der Waals surface area contributed by atoms with Crippen LogP contribution in [0, 0.1) is 0 Å². The molecule has 184 valence electrons. The van der Waals surface area contributed by atoms with Gasteiger partial charge in [0.15, 0.2) is 15.7 Å². The first-order valence-electron chi connectivity index (χ1n) is 12.0. The maximum absolute atomic E-state index is 12.9. The van der Waals surface area contributed by atoms with Crippen LogP contribution >= 0.6 is 0 Å². The number of benzene rings is 1. The van der Waals surface area contributed by atoms with Gasteiger partial charge in [0.1, 0.15) is 11.3 Å². The number of hydrogen-bond acceptors (Lipinski definition) is 7. The third kappa shape index (κ3) is 4.81. The molecule has 1 aliphatic heterocycles. The minimum Gasteiger partial charge on any atom is -0.357 e. The summed E-state index contributed by atoms with van der Waals surface area (Å²) in [5, 5.41) is 7.35. The first-order valence-corrected chi connectivity index (χ1v) is 13.5. The molecule has 2 N–H and O–H groups in total. The number of hydrogen-bond donors (Lipinski definition) is 2. The number of aromatic amines is 1. The Bertz CT molecular complexity index is 1430. The molecule has 0 bridgehead atoms. The van der Waals surface area contributed by atoms with Crippen LogP contribution in [0.1, 0.15) is 44.1 Å². The SMILES string of the molecule is CC(C)S(=O)(=O)c1ccccc1Nc1nc(Cc2cnn(C3CCN(C)CC3)c2)nc2cc[nH]c12. The molecule has 0 aliphatic carbocycles. The van der Waals surface area contributed by atoms with Crippen molar-refractivity contribution in [2.45, 2.75) is 49.3 Å². The van der Waals surface area contributed by atoms with E-state index in [4.69, 9.17) is 9.97 Å². The van der Waals surface area contributed by atoms with Gasteiger partial charge >= 0.3 is 0 Å². The number of para-hydroxylation sites is 1. The van der Waals surface area contributed by atoms with Gasteiger partial charge in [-0.3, -0.25) is 4.68 Å². The third-order valence-electron chi connectivity index (χ3n) is 6.60. The Kier molecular flexibility index (Phi) is 6.33. The highest BCUT2D eigenvalue weighted by Crippen LogP contribution is 2.30. The van der Waals surface area contributed by atoms with Gasteiger partial charge in [-0.2, -0.15) is 5.10 Å². The molecule has 0 saturated carbocycles. The van der Waals surface area contributed by atoms with Crippen LogP contribution in [0.3, 0.4) is 0 Å². The molecule has 4 heterocycles. The fraction of sp³-hybridized carbons (Fsp3) is 0.400. The topological polar surface area (TPSA) is 109 Å². The molecule has 35 heavy (non-hydrogen) atoms. The molecule has 1 aliphatic rings. The zero-order valence-electron chi connectivity index (χ0n) is 20.3. The Balaban J connectivity index is 1.43. The molecule has 10 heteroatoms. The molecule has 0 atom stereocenters. The summed E-state index contributed by atoms with van der Waals surface area (Å²) in [4.78, 5) is 15.3. The molecule has 1 saturated heterocycles. The maximum atomic E-state index is 12.9. The minimum absolute atomic E-state index is 0.259. The summed E-state index contributed by atoms with van der Waals surface area (Å²) in [6.45, 7) is 5.53. The van der Waals surface area contributed by atoms with Gasteiger partial charge in [-0.25, -0.2) is 18.4 Å². The van der Waals surface area contributed by atoms with Crippen LogP contribution < -0.4 is 5.32 Å². The number of nitrogens with zero attached hydrogens (tertiary/aromatic N) is 5. The molecule has 0 spiro atoms. The van der Waals surface area contributed by atoms with Crippen molar-refractivity contribution >= 4 is 32.4 Å². The highest BCUT2D eigenvalue weighted by atomic mass is 32.2. The summed E-state index contributed by atoms with van der Waals surface area (Å²) >= 11 is 0. The second-order valence-corrected chi connectivity index (χ2v) is 12.0. The van der Waals surface area contributed by atoms with Crippen LogP contribution in [0.5, 0.6) is 0 Å².